The molecule has 0 saturated heterocycles. The van der Waals surface area contributed by atoms with Crippen molar-refractivity contribution in [2.75, 3.05) is 5.73 Å². The van der Waals surface area contributed by atoms with Crippen molar-refractivity contribution in [3.05, 3.63) is 22.7 Å². The minimum absolute atomic E-state index is 0.151. The molecule has 1 aromatic rings. The smallest absolute Gasteiger partial charge is 0.124 e. The van der Waals surface area contributed by atoms with Gasteiger partial charge in [-0.2, -0.15) is 0 Å². The van der Waals surface area contributed by atoms with E-state index in [1.807, 2.05) is 26.8 Å². The van der Waals surface area contributed by atoms with Crippen molar-refractivity contribution in [1.82, 2.24) is 0 Å². The second kappa shape index (κ2) is 3.88. The van der Waals surface area contributed by atoms with E-state index in [4.69, 9.17) is 22.1 Å². The van der Waals surface area contributed by atoms with Gasteiger partial charge in [-0.1, -0.05) is 11.6 Å². The van der Waals surface area contributed by atoms with Crippen LogP contribution in [0.3, 0.4) is 0 Å². The summed E-state index contributed by atoms with van der Waals surface area (Å²) in [6.07, 6.45) is 0.151. The van der Waals surface area contributed by atoms with Gasteiger partial charge in [0.2, 0.25) is 0 Å². The zero-order valence-corrected chi connectivity index (χ0v) is 8.85. The second-order valence-corrected chi connectivity index (χ2v) is 3.71. The average molecular weight is 200 g/mol. The summed E-state index contributed by atoms with van der Waals surface area (Å²) in [5.41, 5.74) is 7.24. The number of nitrogen functional groups attached to an aromatic ring is 1. The van der Waals surface area contributed by atoms with Crippen molar-refractivity contribution in [2.24, 2.45) is 0 Å². The molecule has 0 heterocycles. The Balaban J connectivity index is 3.01. The molecule has 0 radical (unpaired) electrons. The van der Waals surface area contributed by atoms with Crippen molar-refractivity contribution in [3.8, 4) is 5.75 Å². The fourth-order valence-corrected chi connectivity index (χ4v) is 1.22. The van der Waals surface area contributed by atoms with Crippen LogP contribution in [-0.2, 0) is 0 Å². The van der Waals surface area contributed by atoms with E-state index in [0.717, 1.165) is 11.3 Å². The summed E-state index contributed by atoms with van der Waals surface area (Å²) in [6.45, 7) is 5.90. The third kappa shape index (κ3) is 2.52. The zero-order valence-electron chi connectivity index (χ0n) is 8.10. The molecule has 72 valence electrons. The van der Waals surface area contributed by atoms with Gasteiger partial charge in [-0.3, -0.25) is 0 Å². The molecule has 13 heavy (non-hydrogen) atoms. The van der Waals surface area contributed by atoms with Gasteiger partial charge >= 0.3 is 0 Å². The largest absolute Gasteiger partial charge is 0.491 e. The molecule has 0 unspecified atom stereocenters. The molecule has 0 aromatic heterocycles. The number of halogens is 1. The summed E-state index contributed by atoms with van der Waals surface area (Å²) in [7, 11) is 0. The number of hydrogen-bond donors (Lipinski definition) is 1. The maximum atomic E-state index is 5.86. The predicted octanol–water partition coefficient (Wildman–Crippen LogP) is 3.02. The predicted molar refractivity (Wildman–Crippen MR) is 56.4 cm³/mol. The van der Waals surface area contributed by atoms with Gasteiger partial charge in [0.1, 0.15) is 5.75 Å². The third-order valence-electron chi connectivity index (χ3n) is 1.66. The molecule has 0 atom stereocenters. The lowest BCUT2D eigenvalue weighted by Crippen LogP contribution is -2.07. The number of hydrogen-bond acceptors (Lipinski definition) is 2. The summed E-state index contributed by atoms with van der Waals surface area (Å²) in [5.74, 6) is 0.800. The fraction of sp³-hybridized carbons (Fsp3) is 0.400. The SMILES string of the molecule is Cc1cc(N)c(Cl)cc1OC(C)C. The van der Waals surface area contributed by atoms with Gasteiger partial charge in [0.25, 0.3) is 0 Å². The number of benzene rings is 1. The first-order chi connectivity index (χ1) is 6.00. The number of nitrogens with two attached hydrogens (primary N) is 1. The number of aryl methyl sites for hydroxylation is 1. The van der Waals surface area contributed by atoms with Gasteiger partial charge < -0.3 is 10.5 Å². The Morgan fingerprint density at radius 2 is 2.00 bits per heavy atom. The molecule has 0 amide bonds. The molecule has 0 saturated carbocycles. The van der Waals surface area contributed by atoms with Crippen LogP contribution in [0.25, 0.3) is 0 Å². The number of ether oxygens (including phenoxy) is 1. The van der Waals surface area contributed by atoms with Gasteiger partial charge in [0.15, 0.2) is 0 Å². The second-order valence-electron chi connectivity index (χ2n) is 3.31. The van der Waals surface area contributed by atoms with Crippen molar-refractivity contribution in [3.63, 3.8) is 0 Å². The van der Waals surface area contributed by atoms with Gasteiger partial charge in [0.05, 0.1) is 16.8 Å². The van der Waals surface area contributed by atoms with E-state index in [0.29, 0.717) is 10.7 Å². The summed E-state index contributed by atoms with van der Waals surface area (Å²) in [6, 6.07) is 3.58. The van der Waals surface area contributed by atoms with Crippen LogP contribution in [-0.4, -0.2) is 6.10 Å². The van der Waals surface area contributed by atoms with Gasteiger partial charge in [-0.05, 0) is 32.4 Å². The minimum atomic E-state index is 0.151. The van der Waals surface area contributed by atoms with Crippen molar-refractivity contribution >= 4 is 17.3 Å². The lowest BCUT2D eigenvalue weighted by molar-refractivity contribution is 0.241. The van der Waals surface area contributed by atoms with E-state index >= 15 is 0 Å². The molecule has 0 aliphatic heterocycles. The Bertz CT molecular complexity index is 310. The highest BCUT2D eigenvalue weighted by Crippen LogP contribution is 2.28. The van der Waals surface area contributed by atoms with E-state index in [9.17, 15) is 0 Å². The standard InChI is InChI=1S/C10H14ClNO/c1-6(2)13-10-5-8(11)9(12)4-7(10)3/h4-6H,12H2,1-3H3. The maximum absolute atomic E-state index is 5.86. The highest BCUT2D eigenvalue weighted by atomic mass is 35.5. The molecule has 0 fully saturated rings. The van der Waals surface area contributed by atoms with Crippen LogP contribution < -0.4 is 10.5 Å². The zero-order chi connectivity index (χ0) is 10.0. The topological polar surface area (TPSA) is 35.2 Å². The molecule has 1 rings (SSSR count). The quantitative estimate of drug-likeness (QED) is 0.744. The average Bonchev–Trinajstić information content (AvgIpc) is 1.99. The van der Waals surface area contributed by atoms with Crippen molar-refractivity contribution in [1.29, 1.82) is 0 Å². The van der Waals surface area contributed by atoms with Crippen LogP contribution in [0.15, 0.2) is 12.1 Å². The highest BCUT2D eigenvalue weighted by Gasteiger charge is 2.05. The molecule has 0 spiro atoms. The lowest BCUT2D eigenvalue weighted by atomic mass is 10.2. The monoisotopic (exact) mass is 199 g/mol. The van der Waals surface area contributed by atoms with Crippen LogP contribution in [0.2, 0.25) is 5.02 Å². The molecule has 0 aliphatic carbocycles. The van der Waals surface area contributed by atoms with Crippen molar-refractivity contribution < 1.29 is 4.74 Å². The first-order valence-electron chi connectivity index (χ1n) is 4.23. The number of anilines is 1. The van der Waals surface area contributed by atoms with E-state index < -0.39 is 0 Å². The summed E-state index contributed by atoms with van der Waals surface area (Å²) < 4.78 is 5.54. The Hall–Kier alpha value is -0.890. The highest BCUT2D eigenvalue weighted by molar-refractivity contribution is 6.33. The van der Waals surface area contributed by atoms with E-state index in [1.54, 1.807) is 6.07 Å². The molecule has 2 nitrogen and oxygen atoms in total. The maximum Gasteiger partial charge on any atom is 0.124 e. The third-order valence-corrected chi connectivity index (χ3v) is 1.98. The summed E-state index contributed by atoms with van der Waals surface area (Å²) in [4.78, 5) is 0. The van der Waals surface area contributed by atoms with E-state index in [-0.39, 0.29) is 6.10 Å². The van der Waals surface area contributed by atoms with E-state index in [1.165, 1.54) is 0 Å². The normalized spacial score (nSPS) is 10.5. The fourth-order valence-electron chi connectivity index (χ4n) is 1.07. The van der Waals surface area contributed by atoms with Crippen LogP contribution in [0.4, 0.5) is 5.69 Å². The first kappa shape index (κ1) is 10.2. The Labute approximate surface area is 83.6 Å². The molecule has 0 bridgehead atoms. The van der Waals surface area contributed by atoms with Gasteiger partial charge in [0, 0.05) is 6.07 Å². The minimum Gasteiger partial charge on any atom is -0.491 e. The van der Waals surface area contributed by atoms with Gasteiger partial charge in [-0.25, -0.2) is 0 Å². The summed E-state index contributed by atoms with van der Waals surface area (Å²) >= 11 is 5.86. The Morgan fingerprint density at radius 3 is 2.54 bits per heavy atom. The molecule has 0 aliphatic rings. The molecule has 1 aromatic carbocycles. The molecular weight excluding hydrogens is 186 g/mol. The van der Waals surface area contributed by atoms with Crippen LogP contribution in [0.1, 0.15) is 19.4 Å². The Morgan fingerprint density at radius 1 is 1.38 bits per heavy atom. The van der Waals surface area contributed by atoms with Gasteiger partial charge in [-0.15, -0.1) is 0 Å². The Kier molecular flexibility index (Phi) is 3.04. The van der Waals surface area contributed by atoms with E-state index in [2.05, 4.69) is 0 Å². The van der Waals surface area contributed by atoms with Crippen LogP contribution in [0.5, 0.6) is 5.75 Å². The number of rotatable bonds is 2. The molecule has 3 heteroatoms. The van der Waals surface area contributed by atoms with Crippen LogP contribution >= 0.6 is 11.6 Å². The summed E-state index contributed by atoms with van der Waals surface area (Å²) in [5, 5.41) is 0.543. The molecular formula is C10H14ClNO. The lowest BCUT2D eigenvalue weighted by Gasteiger charge is -2.13. The van der Waals surface area contributed by atoms with Crippen LogP contribution in [0, 0.1) is 6.92 Å². The first-order valence-corrected chi connectivity index (χ1v) is 4.60. The van der Waals surface area contributed by atoms with Crippen molar-refractivity contribution in [2.45, 2.75) is 26.9 Å². The molecule has 2 N–H and O–H groups in total.